The quantitative estimate of drug-likeness (QED) is 0.749. The minimum atomic E-state index is -0.866. The fraction of sp³-hybridized carbons (Fsp3) is 0.417. The van der Waals surface area contributed by atoms with E-state index in [0.717, 1.165) is 17.3 Å². The van der Waals surface area contributed by atoms with E-state index in [9.17, 15) is 9.90 Å². The largest absolute Gasteiger partial charge is 0.506 e. The van der Waals surface area contributed by atoms with Crippen LogP contribution in [0.15, 0.2) is 22.7 Å². The highest BCUT2D eigenvalue weighted by atomic mass is 79.9. The molecule has 0 radical (unpaired) electrons. The number of hydrogen-bond acceptors (Lipinski definition) is 3. The number of halogens is 1. The molecule has 1 unspecified atom stereocenters. The van der Waals surface area contributed by atoms with E-state index < -0.39 is 5.54 Å². The van der Waals surface area contributed by atoms with Crippen LogP contribution in [0, 0.1) is 5.92 Å². The van der Waals surface area contributed by atoms with Crippen LogP contribution < -0.4 is 11.1 Å². The van der Waals surface area contributed by atoms with Crippen molar-refractivity contribution in [2.75, 3.05) is 5.32 Å². The van der Waals surface area contributed by atoms with E-state index in [1.807, 2.05) is 0 Å². The molecule has 1 saturated carbocycles. The van der Waals surface area contributed by atoms with Gasteiger partial charge in [-0.25, -0.2) is 0 Å². The van der Waals surface area contributed by atoms with Crippen molar-refractivity contribution in [3.8, 4) is 5.75 Å². The number of nitrogens with one attached hydrogen (secondary N) is 1. The average Bonchev–Trinajstić information content (AvgIpc) is 3.07. The summed E-state index contributed by atoms with van der Waals surface area (Å²) in [5.74, 6) is 0.0262. The number of aromatic hydroxyl groups is 1. The van der Waals surface area contributed by atoms with Crippen LogP contribution in [0.5, 0.6) is 5.75 Å². The Kier molecular flexibility index (Phi) is 3.14. The first-order chi connectivity index (χ1) is 7.91. The zero-order valence-corrected chi connectivity index (χ0v) is 11.1. The van der Waals surface area contributed by atoms with Crippen molar-refractivity contribution in [1.29, 1.82) is 0 Å². The summed E-state index contributed by atoms with van der Waals surface area (Å²) in [5.41, 5.74) is 5.51. The number of anilines is 1. The highest BCUT2D eigenvalue weighted by molar-refractivity contribution is 9.10. The lowest BCUT2D eigenvalue weighted by atomic mass is 9.96. The zero-order chi connectivity index (χ0) is 12.6. The van der Waals surface area contributed by atoms with Crippen molar-refractivity contribution >= 4 is 27.5 Å². The predicted molar refractivity (Wildman–Crippen MR) is 69.8 cm³/mol. The van der Waals surface area contributed by atoms with Gasteiger partial charge in [-0.05, 0) is 43.9 Å². The van der Waals surface area contributed by atoms with Gasteiger partial charge < -0.3 is 16.2 Å². The third-order valence-electron chi connectivity index (χ3n) is 3.12. The van der Waals surface area contributed by atoms with E-state index in [0.29, 0.717) is 5.69 Å². The molecule has 1 aromatic carbocycles. The van der Waals surface area contributed by atoms with E-state index >= 15 is 0 Å². The molecule has 1 amide bonds. The summed E-state index contributed by atoms with van der Waals surface area (Å²) in [4.78, 5) is 12.0. The number of phenols is 1. The molecule has 0 aliphatic heterocycles. The molecule has 0 aromatic heterocycles. The summed E-state index contributed by atoms with van der Waals surface area (Å²) in [6.45, 7) is 1.73. The standard InChI is InChI=1S/C12H15BrN2O2/c1-12(14,7-2-3-7)11(17)15-9-6-8(13)4-5-10(9)16/h4-7,16H,2-3,14H2,1H3,(H,15,17). The van der Waals surface area contributed by atoms with Crippen LogP contribution >= 0.6 is 15.9 Å². The number of rotatable bonds is 3. The van der Waals surface area contributed by atoms with E-state index in [1.165, 1.54) is 6.07 Å². The van der Waals surface area contributed by atoms with Gasteiger partial charge in [0.15, 0.2) is 0 Å². The van der Waals surface area contributed by atoms with Crippen LogP contribution in [-0.4, -0.2) is 16.6 Å². The van der Waals surface area contributed by atoms with Crippen molar-refractivity contribution in [3.63, 3.8) is 0 Å². The number of carbonyl (C=O) groups excluding carboxylic acids is 1. The molecule has 0 heterocycles. The molecule has 0 bridgehead atoms. The Labute approximate surface area is 108 Å². The summed E-state index contributed by atoms with van der Waals surface area (Å²) < 4.78 is 0.788. The Morgan fingerprint density at radius 1 is 1.59 bits per heavy atom. The normalized spacial score (nSPS) is 18.5. The van der Waals surface area contributed by atoms with E-state index in [1.54, 1.807) is 19.1 Å². The first-order valence-corrected chi connectivity index (χ1v) is 6.29. The Balaban J connectivity index is 2.15. The summed E-state index contributed by atoms with van der Waals surface area (Å²) in [6, 6.07) is 4.87. The van der Waals surface area contributed by atoms with Crippen LogP contribution in [0.3, 0.4) is 0 Å². The molecule has 1 aromatic rings. The fourth-order valence-corrected chi connectivity index (χ4v) is 2.09. The molecule has 2 rings (SSSR count). The number of phenolic OH excluding ortho intramolecular Hbond substituents is 1. The number of nitrogens with two attached hydrogens (primary N) is 1. The molecule has 92 valence electrons. The van der Waals surface area contributed by atoms with Crippen LogP contribution in [0.1, 0.15) is 19.8 Å². The summed E-state index contributed by atoms with van der Waals surface area (Å²) in [5, 5.41) is 12.3. The Morgan fingerprint density at radius 3 is 2.82 bits per heavy atom. The molecule has 4 nitrogen and oxygen atoms in total. The highest BCUT2D eigenvalue weighted by Gasteiger charge is 2.44. The molecule has 0 spiro atoms. The van der Waals surface area contributed by atoms with Crippen molar-refractivity contribution in [2.45, 2.75) is 25.3 Å². The first kappa shape index (κ1) is 12.4. The van der Waals surface area contributed by atoms with Crippen LogP contribution in [0.4, 0.5) is 5.69 Å². The summed E-state index contributed by atoms with van der Waals surface area (Å²) in [6.07, 6.45) is 1.98. The number of amides is 1. The van der Waals surface area contributed by atoms with E-state index in [-0.39, 0.29) is 17.6 Å². The van der Waals surface area contributed by atoms with Gasteiger partial charge in [0.1, 0.15) is 5.75 Å². The van der Waals surface area contributed by atoms with Gasteiger partial charge in [-0.3, -0.25) is 4.79 Å². The fourth-order valence-electron chi connectivity index (χ4n) is 1.73. The molecular formula is C12H15BrN2O2. The Bertz CT molecular complexity index is 456. The molecule has 1 aliphatic carbocycles. The molecule has 1 fully saturated rings. The second-order valence-electron chi connectivity index (χ2n) is 4.67. The molecule has 1 atom stereocenters. The second-order valence-corrected chi connectivity index (χ2v) is 5.59. The van der Waals surface area contributed by atoms with Gasteiger partial charge in [-0.1, -0.05) is 15.9 Å². The van der Waals surface area contributed by atoms with Crippen LogP contribution in [0.25, 0.3) is 0 Å². The smallest absolute Gasteiger partial charge is 0.244 e. The van der Waals surface area contributed by atoms with Gasteiger partial charge >= 0.3 is 0 Å². The maximum absolute atomic E-state index is 12.0. The summed E-state index contributed by atoms with van der Waals surface area (Å²) in [7, 11) is 0. The second kappa shape index (κ2) is 4.31. The van der Waals surface area contributed by atoms with Crippen molar-refractivity contribution < 1.29 is 9.90 Å². The van der Waals surface area contributed by atoms with Crippen molar-refractivity contribution in [2.24, 2.45) is 11.7 Å². The Hall–Kier alpha value is -1.07. The average molecular weight is 299 g/mol. The third-order valence-corrected chi connectivity index (χ3v) is 3.61. The minimum absolute atomic E-state index is 0.0353. The minimum Gasteiger partial charge on any atom is -0.506 e. The van der Waals surface area contributed by atoms with Crippen molar-refractivity contribution in [1.82, 2.24) is 0 Å². The van der Waals surface area contributed by atoms with Gasteiger partial charge in [0.2, 0.25) is 5.91 Å². The third kappa shape index (κ3) is 2.61. The zero-order valence-electron chi connectivity index (χ0n) is 9.53. The van der Waals surface area contributed by atoms with E-state index in [2.05, 4.69) is 21.2 Å². The van der Waals surface area contributed by atoms with Gasteiger partial charge in [0.25, 0.3) is 0 Å². The maximum Gasteiger partial charge on any atom is 0.244 e. The van der Waals surface area contributed by atoms with Crippen molar-refractivity contribution in [3.05, 3.63) is 22.7 Å². The topological polar surface area (TPSA) is 75.4 Å². The van der Waals surface area contributed by atoms with Gasteiger partial charge in [0.05, 0.1) is 11.2 Å². The van der Waals surface area contributed by atoms with Gasteiger partial charge in [0, 0.05) is 4.47 Å². The molecular weight excluding hydrogens is 284 g/mol. The number of benzene rings is 1. The van der Waals surface area contributed by atoms with Crippen LogP contribution in [-0.2, 0) is 4.79 Å². The lowest BCUT2D eigenvalue weighted by Gasteiger charge is -2.23. The number of carbonyl (C=O) groups is 1. The maximum atomic E-state index is 12.0. The monoisotopic (exact) mass is 298 g/mol. The lowest BCUT2D eigenvalue weighted by molar-refractivity contribution is -0.121. The SMILES string of the molecule is CC(N)(C(=O)Nc1cc(Br)ccc1O)C1CC1. The molecule has 5 heteroatoms. The van der Waals surface area contributed by atoms with Gasteiger partial charge in [-0.2, -0.15) is 0 Å². The lowest BCUT2D eigenvalue weighted by Crippen LogP contribution is -2.50. The molecule has 4 N–H and O–H groups in total. The summed E-state index contributed by atoms with van der Waals surface area (Å²) >= 11 is 3.28. The first-order valence-electron chi connectivity index (χ1n) is 5.50. The van der Waals surface area contributed by atoms with Gasteiger partial charge in [-0.15, -0.1) is 0 Å². The Morgan fingerprint density at radius 2 is 2.24 bits per heavy atom. The van der Waals surface area contributed by atoms with E-state index in [4.69, 9.17) is 5.73 Å². The molecule has 1 aliphatic rings. The molecule has 0 saturated heterocycles. The molecule has 17 heavy (non-hydrogen) atoms. The van der Waals surface area contributed by atoms with Crippen LogP contribution in [0.2, 0.25) is 0 Å². The number of hydrogen-bond donors (Lipinski definition) is 3. The predicted octanol–water partition coefficient (Wildman–Crippen LogP) is 2.22. The highest BCUT2D eigenvalue weighted by Crippen LogP contribution is 2.39.